The minimum Gasteiger partial charge on any atom is -0.378 e. The zero-order valence-electron chi connectivity index (χ0n) is 30.2. The van der Waals surface area contributed by atoms with E-state index in [4.69, 9.17) is 14.2 Å². The molecule has 1 N–H and O–H groups in total. The average Bonchev–Trinajstić information content (AvgIpc) is 3.07. The molecule has 1 aromatic heterocycles. The number of nitrogens with one attached hydrogen (secondary N) is 1. The second kappa shape index (κ2) is 22.9. The summed E-state index contributed by atoms with van der Waals surface area (Å²) in [6, 6.07) is 10.6. The van der Waals surface area contributed by atoms with E-state index in [1.54, 1.807) is 30.5 Å². The molecule has 0 bridgehead atoms. The van der Waals surface area contributed by atoms with Crippen molar-refractivity contribution in [1.82, 2.24) is 10.3 Å². The summed E-state index contributed by atoms with van der Waals surface area (Å²) in [7, 11) is 0. The largest absolute Gasteiger partial charge is 0.378 e. The Balaban J connectivity index is 0.00000753. The van der Waals surface area contributed by atoms with Crippen molar-refractivity contribution < 1.29 is 39.6 Å². The number of Topliss-reactive ketones (excluding diaryl/α,β-unsaturated/α-hetero) is 4. The molecule has 0 saturated heterocycles. The van der Waals surface area contributed by atoms with Gasteiger partial charge < -0.3 is 19.5 Å². The first kappa shape index (κ1) is 42.4. The molecule has 268 valence electrons. The first-order valence-corrected chi connectivity index (χ1v) is 17.1. The first-order valence-electron chi connectivity index (χ1n) is 17.1. The Labute approximate surface area is 288 Å². The van der Waals surface area contributed by atoms with Crippen LogP contribution in [0.1, 0.15) is 110 Å². The van der Waals surface area contributed by atoms with E-state index in [0.29, 0.717) is 12.0 Å². The fourth-order valence-electron chi connectivity index (χ4n) is 4.47. The highest BCUT2D eigenvalue weighted by atomic mass is 16.5. The Morgan fingerprint density at radius 3 is 1.77 bits per heavy atom. The number of hydrogen-bond donors (Lipinski definition) is 1. The lowest BCUT2D eigenvalue weighted by Crippen LogP contribution is -2.59. The highest BCUT2D eigenvalue weighted by Crippen LogP contribution is 2.21. The number of carbonyl (C=O) groups is 5. The Kier molecular flexibility index (Phi) is 20.2. The lowest BCUT2D eigenvalue weighted by Gasteiger charge is -2.34. The van der Waals surface area contributed by atoms with Gasteiger partial charge in [-0.15, -0.1) is 0 Å². The smallest absolute Gasteiger partial charge is 0.270 e. The molecule has 0 aliphatic carbocycles. The maximum absolute atomic E-state index is 13.5. The summed E-state index contributed by atoms with van der Waals surface area (Å²) in [5.74, 6) is -0.536. The van der Waals surface area contributed by atoms with Crippen LogP contribution in [-0.2, 0) is 28.6 Å². The van der Waals surface area contributed by atoms with Crippen LogP contribution in [0.2, 0.25) is 0 Å². The fraction of sp³-hybridized carbons (Fsp3) is 0.579. The third-order valence-electron chi connectivity index (χ3n) is 7.33. The molecule has 48 heavy (non-hydrogen) atoms. The zero-order valence-corrected chi connectivity index (χ0v) is 30.2. The predicted molar refractivity (Wildman–Crippen MR) is 189 cm³/mol. The second-order valence-corrected chi connectivity index (χ2v) is 12.3. The standard InChI is InChI=1S/C36H50N2O8.C2H6.H2/c1-7-8-31(40)16-19-45-23-36(22-44-18-15-27(6)39,24-46-20-17-33(41)25(2)3)38-35(43)32-14-13-30(21-37-32)28-9-11-29(12-10-28)34(42)26(4)5;1-2;/h9-14,21,25-26H,7-8,15-20,22-24H2,1-6H3,(H,38,43);1-2H3;1H. The maximum Gasteiger partial charge on any atom is 0.270 e. The minimum absolute atomic E-state index is 0. The molecule has 1 unspecified atom stereocenters. The van der Waals surface area contributed by atoms with Crippen LogP contribution in [0.15, 0.2) is 42.6 Å². The van der Waals surface area contributed by atoms with E-state index in [9.17, 15) is 24.0 Å². The molecule has 1 heterocycles. The van der Waals surface area contributed by atoms with Crippen LogP contribution in [-0.4, -0.2) is 79.2 Å². The average molecular weight is 671 g/mol. The fourth-order valence-corrected chi connectivity index (χ4v) is 4.47. The lowest BCUT2D eigenvalue weighted by atomic mass is 9.98. The number of hydrogen-bond acceptors (Lipinski definition) is 9. The molecule has 2 aromatic rings. The maximum atomic E-state index is 13.5. The summed E-state index contributed by atoms with van der Waals surface area (Å²) >= 11 is 0. The van der Waals surface area contributed by atoms with Gasteiger partial charge in [-0.25, -0.2) is 0 Å². The summed E-state index contributed by atoms with van der Waals surface area (Å²) in [4.78, 5) is 65.9. The van der Waals surface area contributed by atoms with E-state index in [2.05, 4.69) is 10.3 Å². The molecule has 10 nitrogen and oxygen atoms in total. The monoisotopic (exact) mass is 670 g/mol. The Hall–Kier alpha value is -3.60. The molecule has 0 fully saturated rings. The highest BCUT2D eigenvalue weighted by Gasteiger charge is 2.34. The van der Waals surface area contributed by atoms with Crippen LogP contribution in [0.4, 0.5) is 0 Å². The van der Waals surface area contributed by atoms with Gasteiger partial charge in [-0.3, -0.25) is 29.0 Å². The van der Waals surface area contributed by atoms with Crippen molar-refractivity contribution in [3.05, 3.63) is 53.9 Å². The second-order valence-electron chi connectivity index (χ2n) is 12.3. The number of aromatic nitrogens is 1. The van der Waals surface area contributed by atoms with Gasteiger partial charge in [0.05, 0.1) is 39.6 Å². The predicted octanol–water partition coefficient (Wildman–Crippen LogP) is 6.73. The lowest BCUT2D eigenvalue weighted by molar-refractivity contribution is -0.123. The molecule has 2 rings (SSSR count). The van der Waals surface area contributed by atoms with Crippen LogP contribution in [0.3, 0.4) is 0 Å². The molecule has 10 heteroatoms. The molecular formula is C38H58N2O8. The molecular weight excluding hydrogens is 612 g/mol. The van der Waals surface area contributed by atoms with Crippen LogP contribution in [0.5, 0.6) is 0 Å². The van der Waals surface area contributed by atoms with Gasteiger partial charge in [-0.1, -0.05) is 78.8 Å². The van der Waals surface area contributed by atoms with Gasteiger partial charge in [-0.2, -0.15) is 0 Å². The Morgan fingerprint density at radius 2 is 1.29 bits per heavy atom. The van der Waals surface area contributed by atoms with Crippen molar-refractivity contribution in [3.8, 4) is 11.1 Å². The van der Waals surface area contributed by atoms with Gasteiger partial charge in [0.2, 0.25) is 0 Å². The number of rotatable bonds is 23. The quantitative estimate of drug-likeness (QED) is 0.101. The topological polar surface area (TPSA) is 138 Å². The third kappa shape index (κ3) is 15.5. The van der Waals surface area contributed by atoms with E-state index < -0.39 is 11.4 Å². The van der Waals surface area contributed by atoms with E-state index >= 15 is 0 Å². The molecule has 0 aliphatic heterocycles. The minimum atomic E-state index is -1.19. The molecule has 1 atom stereocenters. The van der Waals surface area contributed by atoms with Crippen molar-refractivity contribution in [2.45, 2.75) is 93.0 Å². The van der Waals surface area contributed by atoms with Gasteiger partial charge >= 0.3 is 0 Å². The number of ether oxygens (including phenoxy) is 3. The van der Waals surface area contributed by atoms with Crippen molar-refractivity contribution >= 4 is 29.0 Å². The van der Waals surface area contributed by atoms with Crippen molar-refractivity contribution in [2.24, 2.45) is 11.8 Å². The number of nitrogens with zero attached hydrogens (tertiary/aromatic N) is 1. The van der Waals surface area contributed by atoms with Gasteiger partial charge in [-0.05, 0) is 25.0 Å². The zero-order chi connectivity index (χ0) is 36.1. The van der Waals surface area contributed by atoms with Crippen molar-refractivity contribution in [3.63, 3.8) is 0 Å². The number of benzene rings is 1. The van der Waals surface area contributed by atoms with Crippen LogP contribution in [0.25, 0.3) is 11.1 Å². The molecule has 1 amide bonds. The van der Waals surface area contributed by atoms with Crippen LogP contribution in [0, 0.1) is 11.8 Å². The number of pyridine rings is 1. The van der Waals surface area contributed by atoms with Crippen molar-refractivity contribution in [1.29, 1.82) is 0 Å². The van der Waals surface area contributed by atoms with E-state index in [-0.39, 0.29) is 101 Å². The first-order chi connectivity index (χ1) is 22.9. The molecule has 0 spiro atoms. The summed E-state index contributed by atoms with van der Waals surface area (Å²) in [5, 5.41) is 2.98. The van der Waals surface area contributed by atoms with Crippen LogP contribution >= 0.6 is 0 Å². The number of carbonyl (C=O) groups excluding carboxylic acids is 5. The highest BCUT2D eigenvalue weighted by molar-refractivity contribution is 5.98. The summed E-state index contributed by atoms with van der Waals surface area (Å²) in [6.07, 6.45) is 3.46. The van der Waals surface area contributed by atoms with Gasteiger partial charge in [0.15, 0.2) is 5.78 Å². The van der Waals surface area contributed by atoms with Gasteiger partial charge in [0, 0.05) is 56.3 Å². The summed E-state index contributed by atoms with van der Waals surface area (Å²) in [5.41, 5.74) is 1.22. The molecule has 0 saturated carbocycles. The third-order valence-corrected chi connectivity index (χ3v) is 7.33. The molecule has 0 aliphatic rings. The Morgan fingerprint density at radius 1 is 0.750 bits per heavy atom. The molecule has 0 radical (unpaired) electrons. The van der Waals surface area contributed by atoms with E-state index in [1.807, 2.05) is 60.6 Å². The van der Waals surface area contributed by atoms with E-state index in [1.165, 1.54) is 6.92 Å². The normalized spacial score (nSPS) is 12.2. The SMILES string of the molecule is CC.CCCC(=O)CCOCC(COCCC(C)=O)(COCCC(=O)C(C)C)NC(=O)c1ccc(-c2ccc(C(=O)C(C)C)cc2)cn1.[HH]. The van der Waals surface area contributed by atoms with E-state index in [0.717, 1.165) is 17.5 Å². The van der Waals surface area contributed by atoms with Crippen molar-refractivity contribution in [2.75, 3.05) is 39.6 Å². The number of amides is 1. The van der Waals surface area contributed by atoms with Gasteiger partial charge in [0.1, 0.15) is 28.6 Å². The number of ketones is 4. The summed E-state index contributed by atoms with van der Waals surface area (Å²) in [6.45, 7) is 15.1. The molecule has 1 aromatic carbocycles. The Bertz CT molecular complexity index is 1300. The van der Waals surface area contributed by atoms with Gasteiger partial charge in [0.25, 0.3) is 5.91 Å². The summed E-state index contributed by atoms with van der Waals surface area (Å²) < 4.78 is 17.6. The van der Waals surface area contributed by atoms with Crippen LogP contribution < -0.4 is 5.32 Å².